The van der Waals surface area contributed by atoms with Gasteiger partial charge in [-0.3, -0.25) is 4.79 Å². The highest BCUT2D eigenvalue weighted by Gasteiger charge is 2.29. The van der Waals surface area contributed by atoms with Crippen LogP contribution >= 0.6 is 0 Å². The summed E-state index contributed by atoms with van der Waals surface area (Å²) in [5.41, 5.74) is 3.33. The first-order valence-electron chi connectivity index (χ1n) is 8.35. The summed E-state index contributed by atoms with van der Waals surface area (Å²) >= 11 is 0. The fourth-order valence-corrected chi connectivity index (χ4v) is 3.71. The van der Waals surface area contributed by atoms with Crippen LogP contribution in [-0.2, 0) is 4.74 Å². The number of ketones is 1. The Morgan fingerprint density at radius 2 is 2.05 bits per heavy atom. The van der Waals surface area contributed by atoms with Gasteiger partial charge in [-0.05, 0) is 48.7 Å². The van der Waals surface area contributed by atoms with Crippen LogP contribution in [-0.4, -0.2) is 12.4 Å². The topological polar surface area (TPSA) is 26.3 Å². The van der Waals surface area contributed by atoms with Gasteiger partial charge in [0.15, 0.2) is 5.78 Å². The smallest absolute Gasteiger partial charge is 0.162 e. The zero-order valence-electron chi connectivity index (χ0n) is 13.1. The molecule has 1 aliphatic heterocycles. The lowest BCUT2D eigenvalue weighted by molar-refractivity contribution is 0.0969. The summed E-state index contributed by atoms with van der Waals surface area (Å²) in [5, 5.41) is 0. The van der Waals surface area contributed by atoms with Gasteiger partial charge in [-0.2, -0.15) is 0 Å². The van der Waals surface area contributed by atoms with Crippen molar-refractivity contribution >= 4 is 11.9 Å². The monoisotopic (exact) mass is 296 g/mol. The fourth-order valence-electron chi connectivity index (χ4n) is 3.71. The number of carbonyl (C=O) groups excluding carboxylic acids is 1. The first kappa shape index (κ1) is 15.1. The van der Waals surface area contributed by atoms with E-state index in [0.717, 1.165) is 30.6 Å². The molecule has 0 bridgehead atoms. The van der Waals surface area contributed by atoms with Gasteiger partial charge in [0.25, 0.3) is 0 Å². The van der Waals surface area contributed by atoms with Crippen molar-refractivity contribution in [3.05, 3.63) is 53.8 Å². The van der Waals surface area contributed by atoms with Crippen LogP contribution in [0.25, 0.3) is 6.08 Å². The number of benzene rings is 1. The van der Waals surface area contributed by atoms with Gasteiger partial charge in [0.05, 0.1) is 12.9 Å². The second kappa shape index (κ2) is 6.95. The summed E-state index contributed by atoms with van der Waals surface area (Å²) in [6.07, 6.45) is 10.3. The number of hydrogen-bond donors (Lipinski definition) is 0. The summed E-state index contributed by atoms with van der Waals surface area (Å²) in [6.45, 7) is 4.59. The molecule has 2 aliphatic rings. The maximum atomic E-state index is 12.4. The highest BCUT2D eigenvalue weighted by atomic mass is 16.5. The Bertz CT molecular complexity index is 568. The van der Waals surface area contributed by atoms with E-state index in [-0.39, 0.29) is 5.78 Å². The maximum Gasteiger partial charge on any atom is 0.162 e. The molecule has 0 amide bonds. The Morgan fingerprint density at radius 1 is 1.23 bits per heavy atom. The van der Waals surface area contributed by atoms with Crippen molar-refractivity contribution < 1.29 is 9.53 Å². The highest BCUT2D eigenvalue weighted by molar-refractivity contribution is 5.96. The van der Waals surface area contributed by atoms with Crippen LogP contribution in [0.2, 0.25) is 0 Å². The molecule has 1 aromatic carbocycles. The molecule has 2 nitrogen and oxygen atoms in total. The molecule has 1 aliphatic carbocycles. The molecule has 116 valence electrons. The van der Waals surface area contributed by atoms with Crippen LogP contribution in [0.15, 0.2) is 42.7 Å². The van der Waals surface area contributed by atoms with E-state index in [9.17, 15) is 4.79 Å². The molecule has 0 aromatic heterocycles. The summed E-state index contributed by atoms with van der Waals surface area (Å²) in [6, 6.07) is 7.72. The van der Waals surface area contributed by atoms with Crippen molar-refractivity contribution in [3.8, 4) is 0 Å². The lowest BCUT2D eigenvalue weighted by Crippen LogP contribution is -2.24. The minimum Gasteiger partial charge on any atom is -0.501 e. The predicted octanol–water partition coefficient (Wildman–Crippen LogP) is 5.01. The molecule has 2 heteroatoms. The van der Waals surface area contributed by atoms with Crippen molar-refractivity contribution in [2.24, 2.45) is 11.8 Å². The van der Waals surface area contributed by atoms with Gasteiger partial charge >= 0.3 is 0 Å². The zero-order chi connectivity index (χ0) is 15.4. The Morgan fingerprint density at radius 3 is 2.82 bits per heavy atom. The van der Waals surface area contributed by atoms with Gasteiger partial charge in [-0.1, -0.05) is 43.3 Å². The van der Waals surface area contributed by atoms with Gasteiger partial charge in [0.1, 0.15) is 0 Å². The fraction of sp³-hybridized carbons (Fsp3) is 0.450. The Balaban J connectivity index is 1.60. The number of allylic oxidation sites excluding steroid dienone is 1. The first-order valence-corrected chi connectivity index (χ1v) is 8.35. The Labute approximate surface area is 132 Å². The third-order valence-electron chi connectivity index (χ3n) is 5.04. The van der Waals surface area contributed by atoms with Crippen LogP contribution in [0.3, 0.4) is 0 Å². The zero-order valence-corrected chi connectivity index (χ0v) is 13.1. The molecule has 1 heterocycles. The second-order valence-corrected chi connectivity index (χ2v) is 6.39. The van der Waals surface area contributed by atoms with Crippen molar-refractivity contribution in [3.63, 3.8) is 0 Å². The van der Waals surface area contributed by atoms with E-state index >= 15 is 0 Å². The molecule has 3 rings (SSSR count). The van der Waals surface area contributed by atoms with E-state index in [4.69, 9.17) is 4.74 Å². The predicted molar refractivity (Wildman–Crippen MR) is 89.6 cm³/mol. The van der Waals surface area contributed by atoms with Crippen molar-refractivity contribution in [1.82, 2.24) is 0 Å². The number of hydrogen-bond acceptors (Lipinski definition) is 2. The van der Waals surface area contributed by atoms with Crippen molar-refractivity contribution in [2.45, 2.75) is 38.5 Å². The standard InChI is InChI=1S/C20H24O2/c1-2-15-6-8-18(9-7-15)20(21)11-10-16-4-3-5-17-12-13-22-14-19(16)17/h2,6-9,14,16-17H,1,3-5,10-13H2/t16-,17+/m1/s1. The molecule has 22 heavy (non-hydrogen) atoms. The number of Topliss-reactive ketones (excluding diaryl/α,β-unsaturated/α-hetero) is 1. The quantitative estimate of drug-likeness (QED) is 0.714. The molecule has 0 radical (unpaired) electrons. The molecule has 0 N–H and O–H groups in total. The lowest BCUT2D eigenvalue weighted by Gasteiger charge is -2.34. The van der Waals surface area contributed by atoms with E-state index in [1.807, 2.05) is 30.5 Å². The molecule has 1 saturated carbocycles. The molecule has 2 atom stereocenters. The van der Waals surface area contributed by atoms with Crippen LogP contribution < -0.4 is 0 Å². The molecule has 0 saturated heterocycles. The van der Waals surface area contributed by atoms with Crippen molar-refractivity contribution in [2.75, 3.05) is 6.61 Å². The minimum atomic E-state index is 0.245. The van der Waals surface area contributed by atoms with E-state index in [0.29, 0.717) is 18.3 Å². The van der Waals surface area contributed by atoms with Gasteiger partial charge in [-0.25, -0.2) is 0 Å². The number of carbonyl (C=O) groups is 1. The summed E-state index contributed by atoms with van der Waals surface area (Å²) in [7, 11) is 0. The van der Waals surface area contributed by atoms with Crippen LogP contribution in [0.1, 0.15) is 54.4 Å². The van der Waals surface area contributed by atoms with E-state index < -0.39 is 0 Å². The summed E-state index contributed by atoms with van der Waals surface area (Å²) in [4.78, 5) is 12.4. The number of rotatable bonds is 5. The van der Waals surface area contributed by atoms with Crippen LogP contribution in [0, 0.1) is 11.8 Å². The normalized spacial score (nSPS) is 23.9. The lowest BCUT2D eigenvalue weighted by atomic mass is 9.73. The Hall–Kier alpha value is -1.83. The van der Waals surface area contributed by atoms with E-state index in [1.54, 1.807) is 6.08 Å². The van der Waals surface area contributed by atoms with Crippen molar-refractivity contribution in [1.29, 1.82) is 0 Å². The summed E-state index contributed by atoms with van der Waals surface area (Å²) < 4.78 is 5.53. The molecule has 1 aromatic rings. The third-order valence-corrected chi connectivity index (χ3v) is 5.04. The van der Waals surface area contributed by atoms with Crippen LogP contribution in [0.4, 0.5) is 0 Å². The van der Waals surface area contributed by atoms with Crippen LogP contribution in [0.5, 0.6) is 0 Å². The second-order valence-electron chi connectivity index (χ2n) is 6.39. The average molecular weight is 296 g/mol. The van der Waals surface area contributed by atoms with Gasteiger partial charge < -0.3 is 4.74 Å². The van der Waals surface area contributed by atoms with Gasteiger partial charge in [-0.15, -0.1) is 0 Å². The molecular formula is C20H24O2. The molecule has 0 spiro atoms. The molecular weight excluding hydrogens is 272 g/mol. The molecule has 0 unspecified atom stereocenters. The first-order chi connectivity index (χ1) is 10.8. The minimum absolute atomic E-state index is 0.245. The Kier molecular flexibility index (Phi) is 4.77. The van der Waals surface area contributed by atoms with Gasteiger partial charge in [0.2, 0.25) is 0 Å². The summed E-state index contributed by atoms with van der Waals surface area (Å²) in [5.74, 6) is 1.49. The number of fused-ring (bicyclic) bond motifs is 1. The highest BCUT2D eigenvalue weighted by Crippen LogP contribution is 2.40. The number of ether oxygens (including phenoxy) is 1. The van der Waals surface area contributed by atoms with E-state index in [2.05, 4.69) is 6.58 Å². The largest absolute Gasteiger partial charge is 0.501 e. The SMILES string of the molecule is C=Cc1ccc(C(=O)CC[C@H]2CCC[C@H]3CCOC=C23)cc1. The van der Waals surface area contributed by atoms with E-state index in [1.165, 1.54) is 24.8 Å². The average Bonchev–Trinajstić information content (AvgIpc) is 2.59. The maximum absolute atomic E-state index is 12.4. The third kappa shape index (κ3) is 3.32. The molecule has 1 fully saturated rings. The van der Waals surface area contributed by atoms with Gasteiger partial charge in [0, 0.05) is 12.0 Å².